The van der Waals surface area contributed by atoms with E-state index >= 15 is 4.39 Å². The van der Waals surface area contributed by atoms with Crippen LogP contribution in [0.5, 0.6) is 0 Å². The number of imidazole rings is 1. The van der Waals surface area contributed by atoms with Gasteiger partial charge in [0.1, 0.15) is 36.1 Å². The molecule has 20 nitrogen and oxygen atoms in total. The molecular weight excluding hydrogens is 697 g/mol. The third-order valence-electron chi connectivity index (χ3n) is 7.71. The Hall–Kier alpha value is -2.79. The van der Waals surface area contributed by atoms with Crippen LogP contribution in [0.3, 0.4) is 0 Å². The summed E-state index contributed by atoms with van der Waals surface area (Å²) in [5.74, 6) is -0.281. The predicted molar refractivity (Wildman–Crippen MR) is 160 cm³/mol. The number of halogens is 1. The van der Waals surface area contributed by atoms with E-state index < -0.39 is 81.4 Å². The number of aliphatic hydroxyl groups is 1. The van der Waals surface area contributed by atoms with Crippen LogP contribution in [0.4, 0.5) is 16.0 Å². The number of rotatable bonds is 10. The van der Waals surface area contributed by atoms with Crippen molar-refractivity contribution >= 4 is 72.0 Å². The number of fused-ring (bicyclic) bond motifs is 4. The van der Waals surface area contributed by atoms with Gasteiger partial charge in [0.2, 0.25) is 5.95 Å². The molecule has 0 spiro atoms. The van der Waals surface area contributed by atoms with E-state index in [9.17, 15) is 19.4 Å². The molecule has 4 aromatic rings. The summed E-state index contributed by atoms with van der Waals surface area (Å²) in [5.41, 5.74) is 10.2. The Morgan fingerprint density at radius 2 is 2.11 bits per heavy atom. The number of H-pyrrole nitrogens is 1. The first kappa shape index (κ1) is 31.8. The zero-order chi connectivity index (χ0) is 32.5. The Kier molecular flexibility index (Phi) is 8.10. The predicted octanol–water partition coefficient (Wildman–Crippen LogP) is -0.391. The number of nitrogens with zero attached hydrogens (tertiary/aromatic N) is 7. The lowest BCUT2D eigenvalue weighted by molar-refractivity contribution is -0.183. The van der Waals surface area contributed by atoms with Crippen molar-refractivity contribution < 1.29 is 46.7 Å². The van der Waals surface area contributed by atoms with Crippen LogP contribution in [-0.4, -0.2) is 106 Å². The van der Waals surface area contributed by atoms with E-state index in [1.54, 1.807) is 10.6 Å². The molecule has 0 saturated carbocycles. The minimum Gasteiger partial charge on any atom is -0.397 e. The summed E-state index contributed by atoms with van der Waals surface area (Å²) in [5, 5.41) is 17.3. The first-order valence-corrected chi connectivity index (χ1v) is 18.2. The molecule has 10 atom stereocenters. The highest BCUT2D eigenvalue weighted by atomic mass is 32.7. The van der Waals surface area contributed by atoms with E-state index in [2.05, 4.69) is 42.5 Å². The second-order valence-electron chi connectivity index (χ2n) is 10.5. The van der Waals surface area contributed by atoms with Crippen LogP contribution in [0, 0.1) is 0 Å². The summed E-state index contributed by atoms with van der Waals surface area (Å²) < 4.78 is 64.8. The van der Waals surface area contributed by atoms with Crippen LogP contribution in [0.15, 0.2) is 23.4 Å². The molecule has 3 saturated heterocycles. The zero-order valence-electron chi connectivity index (χ0n) is 23.0. The Bertz CT molecular complexity index is 1950. The van der Waals surface area contributed by atoms with E-state index in [0.717, 1.165) is 4.68 Å². The minimum atomic E-state index is -4.38. The molecule has 46 heavy (non-hydrogen) atoms. The number of nitrogens with one attached hydrogen (secondary N) is 1. The number of hydrogen-bond acceptors (Lipinski definition) is 17. The summed E-state index contributed by atoms with van der Waals surface area (Å²) in [6, 6.07) is 1.58. The highest BCUT2D eigenvalue weighted by Gasteiger charge is 2.66. The molecule has 7 N–H and O–H groups in total. The lowest BCUT2D eigenvalue weighted by Gasteiger charge is -2.32. The second kappa shape index (κ2) is 11.7. The summed E-state index contributed by atoms with van der Waals surface area (Å²) in [7, 11) is -2.47. The molecule has 3 fully saturated rings. The minimum absolute atomic E-state index is 0.145. The molecule has 2 unspecified atom stereocenters. The Morgan fingerprint density at radius 3 is 2.87 bits per heavy atom. The van der Waals surface area contributed by atoms with Gasteiger partial charge in [-0.05, 0) is 22.4 Å². The summed E-state index contributed by atoms with van der Waals surface area (Å²) in [6.45, 7) is -5.84. The number of aromatic amines is 1. The number of aliphatic hydroxyl groups excluding tert-OH is 1. The number of nitrogens with two attached hydrogens (primary N) is 2. The van der Waals surface area contributed by atoms with E-state index in [1.165, 1.54) is 12.5 Å². The maximum Gasteiger partial charge on any atom is 0.582 e. The molecular formula is C21H24FN10O10P2S2+. The third kappa shape index (κ3) is 5.29. The fourth-order valence-electron chi connectivity index (χ4n) is 5.67. The molecule has 7 rings (SSSR count). The van der Waals surface area contributed by atoms with Crippen molar-refractivity contribution in [1.82, 2.24) is 39.5 Å². The first-order valence-electron chi connectivity index (χ1n) is 13.3. The highest BCUT2D eigenvalue weighted by Crippen LogP contribution is 2.55. The van der Waals surface area contributed by atoms with Gasteiger partial charge in [-0.15, -0.1) is 9.62 Å². The van der Waals surface area contributed by atoms with Crippen molar-refractivity contribution in [2.24, 2.45) is 0 Å². The number of pyridine rings is 1. The summed E-state index contributed by atoms with van der Waals surface area (Å²) in [4.78, 5) is 38.3. The van der Waals surface area contributed by atoms with Crippen molar-refractivity contribution in [2.45, 2.75) is 48.6 Å². The highest BCUT2D eigenvalue weighted by molar-refractivity contribution is 8.39. The first-order chi connectivity index (χ1) is 21.9. The SMILES string of the molecule is Nc1nc2c(nnn2[C@@H]2O[C@H](CO)[C@H](F)[C@H]2OP(O)(=S)OC[C@@]23CO[C@@H]([C@H](n4cnc5c(N)ccnc54)O2)[C@@H]3O[P+](=O)S)c(=O)[nH]1. The van der Waals surface area contributed by atoms with Gasteiger partial charge in [-0.2, -0.15) is 9.67 Å². The van der Waals surface area contributed by atoms with Crippen molar-refractivity contribution in [3.8, 4) is 0 Å². The smallest absolute Gasteiger partial charge is 0.397 e. The Morgan fingerprint density at radius 1 is 1.30 bits per heavy atom. The van der Waals surface area contributed by atoms with Gasteiger partial charge in [0.15, 0.2) is 47.1 Å². The van der Waals surface area contributed by atoms with Crippen LogP contribution >= 0.6 is 26.2 Å². The quantitative estimate of drug-likeness (QED) is 0.0899. The molecule has 0 aliphatic carbocycles. The fraction of sp³-hybridized carbons (Fsp3) is 0.524. The maximum absolute atomic E-state index is 15.5. The molecule has 0 radical (unpaired) electrons. The maximum atomic E-state index is 15.5. The van der Waals surface area contributed by atoms with Crippen LogP contribution < -0.4 is 17.0 Å². The monoisotopic (exact) mass is 721 g/mol. The van der Waals surface area contributed by atoms with Crippen molar-refractivity contribution in [3.05, 3.63) is 28.9 Å². The fourth-order valence-corrected chi connectivity index (χ4v) is 7.90. The van der Waals surface area contributed by atoms with E-state index in [-0.39, 0.29) is 23.7 Å². The standard InChI is InChI=1S/C21H23FN10O10P2S2/c22-9-8(3-33)39-19(32-16-11(29-30-32)17(34)28-20(24)27-16)12(9)42-44(36,46)38-5-21-4-37-13(14(21)41-43(35)45)18(40-21)31-6-26-10-7(23)1-2-25-15(10)31/h1-2,6,8-9,12-14,18-19,33H,3-5H2,(H6-,23,24,25,27,28,30,34,35,36,45,46)/p+1/t8-,9+,12-,13-,14+,18-,19-,21-,44?/m1/s1. The Balaban J connectivity index is 1.14. The number of alkyl halides is 1. The molecule has 0 aromatic carbocycles. The van der Waals surface area contributed by atoms with Crippen LogP contribution in [0.25, 0.3) is 22.3 Å². The topological polar surface area (TPSA) is 272 Å². The van der Waals surface area contributed by atoms with Gasteiger partial charge in [0, 0.05) is 6.20 Å². The van der Waals surface area contributed by atoms with Crippen molar-refractivity contribution in [2.75, 3.05) is 31.3 Å². The molecule has 3 aliphatic rings. The molecule has 246 valence electrons. The van der Waals surface area contributed by atoms with Gasteiger partial charge in [-0.1, -0.05) is 5.21 Å². The lowest BCUT2D eigenvalue weighted by Crippen LogP contribution is -2.45. The normalized spacial score (nSPS) is 32.4. The van der Waals surface area contributed by atoms with E-state index in [0.29, 0.717) is 16.9 Å². The molecule has 0 amide bonds. The number of aromatic nitrogens is 8. The van der Waals surface area contributed by atoms with Gasteiger partial charge in [0.05, 0.1) is 31.8 Å². The molecule has 3 aliphatic heterocycles. The van der Waals surface area contributed by atoms with Gasteiger partial charge in [-0.25, -0.2) is 14.4 Å². The Labute approximate surface area is 266 Å². The number of hydrogen-bond donors (Lipinski definition) is 6. The summed E-state index contributed by atoms with van der Waals surface area (Å²) in [6.07, 6.45) is -6.63. The van der Waals surface area contributed by atoms with Gasteiger partial charge < -0.3 is 40.2 Å². The van der Waals surface area contributed by atoms with Gasteiger partial charge >= 0.3 is 13.9 Å². The average Bonchev–Trinajstić information content (AvgIpc) is 3.81. The second-order valence-corrected chi connectivity index (χ2v) is 15.0. The third-order valence-corrected chi connectivity index (χ3v) is 9.94. The van der Waals surface area contributed by atoms with E-state index in [1.807, 2.05) is 0 Å². The largest absolute Gasteiger partial charge is 0.582 e. The molecule has 4 aromatic heterocycles. The van der Waals surface area contributed by atoms with Crippen molar-refractivity contribution in [3.63, 3.8) is 0 Å². The van der Waals surface area contributed by atoms with Crippen LogP contribution in [0.2, 0.25) is 0 Å². The van der Waals surface area contributed by atoms with Gasteiger partial charge in [-0.3, -0.25) is 18.9 Å². The lowest BCUT2D eigenvalue weighted by atomic mass is 10.0. The van der Waals surface area contributed by atoms with Crippen LogP contribution in [-0.2, 0) is 44.2 Å². The average molecular weight is 722 g/mol. The molecule has 25 heteroatoms. The molecule has 7 heterocycles. The molecule has 2 bridgehead atoms. The van der Waals surface area contributed by atoms with Crippen LogP contribution in [0.1, 0.15) is 12.5 Å². The number of ether oxygens (including phenoxy) is 3. The van der Waals surface area contributed by atoms with E-state index in [4.69, 9.17) is 51.1 Å². The number of thiol groups is 1. The zero-order valence-corrected chi connectivity index (χ0v) is 26.5. The van der Waals surface area contributed by atoms with Crippen molar-refractivity contribution in [1.29, 1.82) is 0 Å². The number of nitrogen functional groups attached to an aromatic ring is 2. The summed E-state index contributed by atoms with van der Waals surface area (Å²) >= 11 is 9.12. The van der Waals surface area contributed by atoms with Gasteiger partial charge in [0.25, 0.3) is 5.56 Å². The number of anilines is 2.